The fraction of sp³-hybridized carbons (Fsp3) is 0.455. The number of halogens is 1. The van der Waals surface area contributed by atoms with Crippen molar-refractivity contribution in [3.05, 3.63) is 29.8 Å². The van der Waals surface area contributed by atoms with Crippen molar-refractivity contribution in [3.63, 3.8) is 0 Å². The zero-order valence-electron chi connectivity index (χ0n) is 8.18. The van der Waals surface area contributed by atoms with Crippen molar-refractivity contribution in [3.8, 4) is 0 Å². The Balaban J connectivity index is 2.69. The van der Waals surface area contributed by atoms with Crippen LogP contribution in [0.1, 0.15) is 31.7 Å². The van der Waals surface area contributed by atoms with Crippen LogP contribution in [0, 0.1) is 0 Å². The van der Waals surface area contributed by atoms with E-state index in [9.17, 15) is 0 Å². The Kier molecular flexibility index (Phi) is 4.29. The average molecular weight is 242 g/mol. The van der Waals surface area contributed by atoms with Crippen LogP contribution in [-0.4, -0.2) is 5.45 Å². The minimum atomic E-state index is 0.665. The summed E-state index contributed by atoms with van der Waals surface area (Å²) in [6, 6.07) is 8.64. The predicted octanol–water partition coefficient (Wildman–Crippen LogP) is 3.96. The molecule has 1 aromatic carbocycles. The third-order valence-electron chi connectivity index (χ3n) is 2.36. The molecule has 1 rings (SSSR count). The topological polar surface area (TPSA) is 12.0 Å². The number of rotatable bonds is 4. The SMILES string of the molecule is CCC(C)c1ccc(NCBr)cc1. The Morgan fingerprint density at radius 2 is 1.92 bits per heavy atom. The van der Waals surface area contributed by atoms with Crippen LogP contribution < -0.4 is 5.32 Å². The second-order valence-corrected chi connectivity index (χ2v) is 3.80. The summed E-state index contributed by atoms with van der Waals surface area (Å²) in [5.41, 5.74) is 3.39. The van der Waals surface area contributed by atoms with Gasteiger partial charge < -0.3 is 5.32 Å². The molecule has 0 amide bonds. The second kappa shape index (κ2) is 5.28. The molecule has 1 nitrogen and oxygen atoms in total. The van der Waals surface area contributed by atoms with Crippen LogP contribution in [0.4, 0.5) is 5.69 Å². The van der Waals surface area contributed by atoms with Gasteiger partial charge in [-0.2, -0.15) is 0 Å². The summed E-state index contributed by atoms with van der Waals surface area (Å²) >= 11 is 3.34. The molecule has 0 radical (unpaired) electrons. The molecule has 0 aliphatic heterocycles. The molecule has 72 valence electrons. The number of benzene rings is 1. The van der Waals surface area contributed by atoms with Gasteiger partial charge in [-0.1, -0.05) is 41.9 Å². The van der Waals surface area contributed by atoms with E-state index in [-0.39, 0.29) is 0 Å². The Labute approximate surface area is 88.7 Å². The van der Waals surface area contributed by atoms with Crippen molar-refractivity contribution in [2.45, 2.75) is 26.2 Å². The molecule has 0 saturated carbocycles. The smallest absolute Gasteiger partial charge is 0.0707 e. The maximum atomic E-state index is 3.34. The largest absolute Gasteiger partial charge is 0.375 e. The van der Waals surface area contributed by atoms with Gasteiger partial charge in [0.15, 0.2) is 0 Å². The number of hydrogen-bond acceptors (Lipinski definition) is 1. The molecule has 1 unspecified atom stereocenters. The molecule has 0 saturated heterocycles. The highest BCUT2D eigenvalue weighted by molar-refractivity contribution is 9.09. The van der Waals surface area contributed by atoms with Gasteiger partial charge in [0.25, 0.3) is 0 Å². The summed E-state index contributed by atoms with van der Waals surface area (Å²) in [6.45, 7) is 4.47. The minimum absolute atomic E-state index is 0.665. The van der Waals surface area contributed by atoms with E-state index < -0.39 is 0 Å². The fourth-order valence-electron chi connectivity index (χ4n) is 1.24. The second-order valence-electron chi connectivity index (χ2n) is 3.24. The lowest BCUT2D eigenvalue weighted by Gasteiger charge is -2.09. The third kappa shape index (κ3) is 3.03. The molecule has 0 spiro atoms. The number of anilines is 1. The number of alkyl halides is 1. The van der Waals surface area contributed by atoms with Crippen LogP contribution in [0.3, 0.4) is 0 Å². The van der Waals surface area contributed by atoms with Crippen LogP contribution in [0.25, 0.3) is 0 Å². The zero-order chi connectivity index (χ0) is 9.68. The van der Waals surface area contributed by atoms with Gasteiger partial charge in [-0.05, 0) is 30.0 Å². The first-order chi connectivity index (χ1) is 6.27. The van der Waals surface area contributed by atoms with Crippen molar-refractivity contribution < 1.29 is 0 Å². The average Bonchev–Trinajstić information content (AvgIpc) is 2.18. The monoisotopic (exact) mass is 241 g/mol. The van der Waals surface area contributed by atoms with Gasteiger partial charge in [0, 0.05) is 5.69 Å². The van der Waals surface area contributed by atoms with Crippen molar-refractivity contribution >= 4 is 21.6 Å². The fourth-order valence-corrected chi connectivity index (χ4v) is 1.57. The Bertz CT molecular complexity index is 243. The highest BCUT2D eigenvalue weighted by atomic mass is 79.9. The van der Waals surface area contributed by atoms with E-state index >= 15 is 0 Å². The number of hydrogen-bond donors (Lipinski definition) is 1. The van der Waals surface area contributed by atoms with Crippen LogP contribution in [0.5, 0.6) is 0 Å². The van der Waals surface area contributed by atoms with Crippen molar-refractivity contribution in [1.29, 1.82) is 0 Å². The zero-order valence-corrected chi connectivity index (χ0v) is 9.76. The normalized spacial score (nSPS) is 12.5. The summed E-state index contributed by atoms with van der Waals surface area (Å²) < 4.78 is 0. The molecular formula is C11H16BrN. The van der Waals surface area contributed by atoms with Gasteiger partial charge in [-0.25, -0.2) is 0 Å². The van der Waals surface area contributed by atoms with Gasteiger partial charge in [0.05, 0.1) is 5.45 Å². The lowest BCUT2D eigenvalue weighted by Crippen LogP contribution is -1.95. The van der Waals surface area contributed by atoms with E-state index in [2.05, 4.69) is 59.4 Å². The third-order valence-corrected chi connectivity index (χ3v) is 2.64. The molecule has 0 aliphatic rings. The van der Waals surface area contributed by atoms with Gasteiger partial charge in [-0.3, -0.25) is 0 Å². The molecule has 1 atom stereocenters. The van der Waals surface area contributed by atoms with E-state index in [1.807, 2.05) is 0 Å². The maximum Gasteiger partial charge on any atom is 0.0707 e. The van der Waals surface area contributed by atoms with Crippen LogP contribution in [-0.2, 0) is 0 Å². The highest BCUT2D eigenvalue weighted by Gasteiger charge is 2.01. The predicted molar refractivity (Wildman–Crippen MR) is 62.6 cm³/mol. The molecule has 13 heavy (non-hydrogen) atoms. The van der Waals surface area contributed by atoms with Gasteiger partial charge >= 0.3 is 0 Å². The molecule has 0 aliphatic carbocycles. The molecule has 0 aromatic heterocycles. The lowest BCUT2D eigenvalue weighted by atomic mass is 9.99. The van der Waals surface area contributed by atoms with Crippen molar-refractivity contribution in [2.75, 3.05) is 10.8 Å². The maximum absolute atomic E-state index is 3.34. The lowest BCUT2D eigenvalue weighted by molar-refractivity contribution is 0.734. The van der Waals surface area contributed by atoms with Gasteiger partial charge in [0.1, 0.15) is 0 Å². The van der Waals surface area contributed by atoms with Crippen molar-refractivity contribution in [2.24, 2.45) is 0 Å². The molecule has 1 aromatic rings. The van der Waals surface area contributed by atoms with Crippen LogP contribution in [0.15, 0.2) is 24.3 Å². The van der Waals surface area contributed by atoms with Gasteiger partial charge in [0.2, 0.25) is 0 Å². The van der Waals surface area contributed by atoms with E-state index in [1.165, 1.54) is 17.7 Å². The minimum Gasteiger partial charge on any atom is -0.375 e. The van der Waals surface area contributed by atoms with E-state index in [4.69, 9.17) is 0 Å². The van der Waals surface area contributed by atoms with E-state index in [0.717, 1.165) is 5.45 Å². The Morgan fingerprint density at radius 3 is 2.38 bits per heavy atom. The van der Waals surface area contributed by atoms with E-state index in [0.29, 0.717) is 5.92 Å². The standard InChI is InChI=1S/C11H16BrN/c1-3-9(2)10-4-6-11(7-5-10)13-8-12/h4-7,9,13H,3,8H2,1-2H3. The van der Waals surface area contributed by atoms with Crippen LogP contribution >= 0.6 is 15.9 Å². The first-order valence-electron chi connectivity index (χ1n) is 4.67. The van der Waals surface area contributed by atoms with Crippen LogP contribution in [0.2, 0.25) is 0 Å². The molecule has 0 bridgehead atoms. The molecule has 0 fully saturated rings. The summed E-state index contributed by atoms with van der Waals surface area (Å²) in [7, 11) is 0. The summed E-state index contributed by atoms with van der Waals surface area (Å²) in [4.78, 5) is 0. The van der Waals surface area contributed by atoms with E-state index in [1.54, 1.807) is 0 Å². The molecular weight excluding hydrogens is 226 g/mol. The number of nitrogens with one attached hydrogen (secondary N) is 1. The Morgan fingerprint density at radius 1 is 1.31 bits per heavy atom. The Hall–Kier alpha value is -0.500. The summed E-state index contributed by atoms with van der Waals surface area (Å²) in [6.07, 6.45) is 1.20. The van der Waals surface area contributed by atoms with Gasteiger partial charge in [-0.15, -0.1) is 0 Å². The van der Waals surface area contributed by atoms with Crippen molar-refractivity contribution in [1.82, 2.24) is 0 Å². The summed E-state index contributed by atoms with van der Waals surface area (Å²) in [5.74, 6) is 0.665. The highest BCUT2D eigenvalue weighted by Crippen LogP contribution is 2.20. The summed E-state index contributed by atoms with van der Waals surface area (Å²) in [5, 5.41) is 3.21. The first kappa shape index (κ1) is 10.6. The first-order valence-corrected chi connectivity index (χ1v) is 5.80. The molecule has 2 heteroatoms. The quantitative estimate of drug-likeness (QED) is 0.622. The molecule has 0 heterocycles. The molecule has 1 N–H and O–H groups in total.